The van der Waals surface area contributed by atoms with Gasteiger partial charge in [0.05, 0.1) is 0 Å². The SMILES string of the molecule is CC(C)[C@H](NC(=O)c1cccc(NC(=O)C2CCCO2)c1)C(=O)O. The van der Waals surface area contributed by atoms with Gasteiger partial charge in [0, 0.05) is 17.9 Å². The number of anilines is 1. The Labute approximate surface area is 140 Å². The lowest BCUT2D eigenvalue weighted by Gasteiger charge is -2.18. The third-order valence-corrected chi connectivity index (χ3v) is 3.83. The van der Waals surface area contributed by atoms with Gasteiger partial charge in [-0.05, 0) is 37.0 Å². The molecule has 3 N–H and O–H groups in total. The quantitative estimate of drug-likeness (QED) is 0.733. The molecule has 1 unspecified atom stereocenters. The van der Waals surface area contributed by atoms with Crippen molar-refractivity contribution >= 4 is 23.5 Å². The summed E-state index contributed by atoms with van der Waals surface area (Å²) in [5, 5.41) is 14.4. The maximum atomic E-state index is 12.2. The summed E-state index contributed by atoms with van der Waals surface area (Å²) in [7, 11) is 0. The highest BCUT2D eigenvalue weighted by Crippen LogP contribution is 2.16. The predicted molar refractivity (Wildman–Crippen MR) is 87.8 cm³/mol. The van der Waals surface area contributed by atoms with Gasteiger partial charge < -0.3 is 20.5 Å². The standard InChI is InChI=1S/C17H22N2O5/c1-10(2)14(17(22)23)19-15(20)11-5-3-6-12(9-11)18-16(21)13-7-4-8-24-13/h3,5-6,9-10,13-14H,4,7-8H2,1-2H3,(H,18,21)(H,19,20)(H,22,23)/t13?,14-/m0/s1. The van der Waals surface area contributed by atoms with Crippen LogP contribution in [-0.2, 0) is 14.3 Å². The van der Waals surface area contributed by atoms with Gasteiger partial charge >= 0.3 is 5.97 Å². The molecular weight excluding hydrogens is 312 g/mol. The van der Waals surface area contributed by atoms with Crippen LogP contribution in [0.1, 0.15) is 37.0 Å². The molecule has 0 radical (unpaired) electrons. The largest absolute Gasteiger partial charge is 0.480 e. The van der Waals surface area contributed by atoms with E-state index in [0.717, 1.165) is 6.42 Å². The molecule has 130 valence electrons. The van der Waals surface area contributed by atoms with Gasteiger partial charge in [0.25, 0.3) is 11.8 Å². The molecule has 1 aromatic carbocycles. The average Bonchev–Trinajstić information content (AvgIpc) is 3.06. The maximum Gasteiger partial charge on any atom is 0.326 e. The Morgan fingerprint density at radius 2 is 2.04 bits per heavy atom. The topological polar surface area (TPSA) is 105 Å². The van der Waals surface area contributed by atoms with Crippen LogP contribution >= 0.6 is 0 Å². The molecule has 1 saturated heterocycles. The number of carbonyl (C=O) groups excluding carboxylic acids is 2. The average molecular weight is 334 g/mol. The molecule has 2 atom stereocenters. The van der Waals surface area contributed by atoms with Crippen LogP contribution in [0, 0.1) is 5.92 Å². The van der Waals surface area contributed by atoms with E-state index in [1.54, 1.807) is 32.0 Å². The van der Waals surface area contributed by atoms with Crippen LogP contribution in [0.15, 0.2) is 24.3 Å². The van der Waals surface area contributed by atoms with Gasteiger partial charge in [0.2, 0.25) is 0 Å². The molecule has 1 heterocycles. The minimum atomic E-state index is -1.08. The highest BCUT2D eigenvalue weighted by molar-refractivity contribution is 5.99. The van der Waals surface area contributed by atoms with Gasteiger partial charge in [0.15, 0.2) is 0 Å². The van der Waals surface area contributed by atoms with E-state index < -0.39 is 24.0 Å². The highest BCUT2D eigenvalue weighted by atomic mass is 16.5. The van der Waals surface area contributed by atoms with Crippen molar-refractivity contribution in [2.24, 2.45) is 5.92 Å². The number of nitrogens with one attached hydrogen (secondary N) is 2. The number of carbonyl (C=O) groups is 3. The van der Waals surface area contributed by atoms with E-state index >= 15 is 0 Å². The molecule has 1 aliphatic rings. The van der Waals surface area contributed by atoms with Gasteiger partial charge in [-0.1, -0.05) is 19.9 Å². The van der Waals surface area contributed by atoms with E-state index in [-0.39, 0.29) is 17.4 Å². The lowest BCUT2D eigenvalue weighted by Crippen LogP contribution is -2.44. The molecule has 7 heteroatoms. The van der Waals surface area contributed by atoms with E-state index in [1.807, 2.05) is 0 Å². The number of aliphatic carboxylic acids is 1. The van der Waals surface area contributed by atoms with Crippen LogP contribution in [0.4, 0.5) is 5.69 Å². The van der Waals surface area contributed by atoms with Crippen molar-refractivity contribution in [2.75, 3.05) is 11.9 Å². The summed E-state index contributed by atoms with van der Waals surface area (Å²) in [6.07, 6.45) is 1.08. The number of rotatable bonds is 6. The molecule has 2 rings (SSSR count). The Balaban J connectivity index is 2.04. The zero-order valence-electron chi connectivity index (χ0n) is 13.7. The van der Waals surface area contributed by atoms with Gasteiger partial charge in [0.1, 0.15) is 12.1 Å². The van der Waals surface area contributed by atoms with Crippen LogP contribution in [0.3, 0.4) is 0 Å². The summed E-state index contributed by atoms with van der Waals surface area (Å²) < 4.78 is 5.31. The molecule has 24 heavy (non-hydrogen) atoms. The van der Waals surface area contributed by atoms with Crippen molar-refractivity contribution in [2.45, 2.75) is 38.8 Å². The fourth-order valence-corrected chi connectivity index (χ4v) is 2.48. The minimum absolute atomic E-state index is 0.240. The minimum Gasteiger partial charge on any atom is -0.480 e. The van der Waals surface area contributed by atoms with Crippen molar-refractivity contribution < 1.29 is 24.2 Å². The molecule has 1 aromatic rings. The van der Waals surface area contributed by atoms with Crippen molar-refractivity contribution in [3.05, 3.63) is 29.8 Å². The Morgan fingerprint density at radius 3 is 2.62 bits per heavy atom. The third-order valence-electron chi connectivity index (χ3n) is 3.83. The molecule has 1 aliphatic heterocycles. The Kier molecular flexibility index (Phi) is 5.92. The van der Waals surface area contributed by atoms with Gasteiger partial charge in [-0.25, -0.2) is 4.79 Å². The summed E-state index contributed by atoms with van der Waals surface area (Å²) >= 11 is 0. The van der Waals surface area contributed by atoms with Crippen LogP contribution in [0.2, 0.25) is 0 Å². The number of amides is 2. The zero-order valence-corrected chi connectivity index (χ0v) is 13.7. The maximum absolute atomic E-state index is 12.2. The monoisotopic (exact) mass is 334 g/mol. The third kappa shape index (κ3) is 4.55. The number of hydrogen-bond acceptors (Lipinski definition) is 4. The first-order valence-electron chi connectivity index (χ1n) is 7.94. The molecule has 0 saturated carbocycles. The number of carboxylic acids is 1. The number of carboxylic acid groups (broad SMARTS) is 1. The molecule has 0 spiro atoms. The van der Waals surface area contributed by atoms with Crippen LogP contribution in [0.25, 0.3) is 0 Å². The summed E-state index contributed by atoms with van der Waals surface area (Å²) in [6.45, 7) is 4.01. The van der Waals surface area contributed by atoms with Gasteiger partial charge in [-0.3, -0.25) is 9.59 Å². The smallest absolute Gasteiger partial charge is 0.326 e. The van der Waals surface area contributed by atoms with Crippen molar-refractivity contribution in [3.63, 3.8) is 0 Å². The van der Waals surface area contributed by atoms with E-state index in [2.05, 4.69) is 10.6 Å². The predicted octanol–water partition coefficient (Wildman–Crippen LogP) is 1.64. The Morgan fingerprint density at radius 1 is 1.29 bits per heavy atom. The van der Waals surface area contributed by atoms with Crippen molar-refractivity contribution in [1.82, 2.24) is 5.32 Å². The van der Waals surface area contributed by atoms with E-state index in [9.17, 15) is 14.4 Å². The van der Waals surface area contributed by atoms with E-state index in [0.29, 0.717) is 18.7 Å². The highest BCUT2D eigenvalue weighted by Gasteiger charge is 2.25. The van der Waals surface area contributed by atoms with E-state index in [4.69, 9.17) is 9.84 Å². The van der Waals surface area contributed by atoms with Crippen molar-refractivity contribution in [1.29, 1.82) is 0 Å². The lowest BCUT2D eigenvalue weighted by atomic mass is 10.0. The molecule has 0 aliphatic carbocycles. The van der Waals surface area contributed by atoms with E-state index in [1.165, 1.54) is 6.07 Å². The van der Waals surface area contributed by atoms with Crippen LogP contribution in [0.5, 0.6) is 0 Å². The summed E-state index contributed by atoms with van der Waals surface area (Å²) in [6, 6.07) is 5.41. The van der Waals surface area contributed by atoms with Crippen LogP contribution in [-0.4, -0.2) is 41.6 Å². The first-order valence-corrected chi connectivity index (χ1v) is 7.94. The van der Waals surface area contributed by atoms with Crippen LogP contribution < -0.4 is 10.6 Å². The van der Waals surface area contributed by atoms with Gasteiger partial charge in [-0.15, -0.1) is 0 Å². The molecule has 7 nitrogen and oxygen atoms in total. The number of benzene rings is 1. The second kappa shape index (κ2) is 7.92. The summed E-state index contributed by atoms with van der Waals surface area (Å²) in [4.78, 5) is 35.5. The fourth-order valence-electron chi connectivity index (χ4n) is 2.48. The molecule has 2 amide bonds. The first kappa shape index (κ1) is 17.9. The van der Waals surface area contributed by atoms with Gasteiger partial charge in [-0.2, -0.15) is 0 Å². The summed E-state index contributed by atoms with van der Waals surface area (Å²) in [5.41, 5.74) is 0.756. The van der Waals surface area contributed by atoms with Crippen molar-refractivity contribution in [3.8, 4) is 0 Å². The Hall–Kier alpha value is -2.41. The number of ether oxygens (including phenoxy) is 1. The fraction of sp³-hybridized carbons (Fsp3) is 0.471. The lowest BCUT2D eigenvalue weighted by molar-refractivity contribution is -0.140. The first-order chi connectivity index (χ1) is 11.4. The second-order valence-electron chi connectivity index (χ2n) is 6.11. The normalized spacial score (nSPS) is 18.2. The molecule has 1 fully saturated rings. The molecular formula is C17H22N2O5. The number of hydrogen-bond donors (Lipinski definition) is 3. The molecule has 0 aromatic heterocycles. The molecule has 0 bridgehead atoms. The Bertz CT molecular complexity index is 623. The summed E-state index contributed by atoms with van der Waals surface area (Å²) in [5.74, 6) is -2.06. The second-order valence-corrected chi connectivity index (χ2v) is 6.11. The zero-order chi connectivity index (χ0) is 17.7.